The average molecular weight is 289 g/mol. The third-order valence-corrected chi connectivity index (χ3v) is 4.86. The maximum Gasteiger partial charge on any atom is 0.0992 e. The molecule has 1 aromatic carbocycles. The first kappa shape index (κ1) is 15.2. The summed E-state index contributed by atoms with van der Waals surface area (Å²) in [6, 6.07) is 14.1. The molecule has 0 fully saturated rings. The molecule has 0 aliphatic heterocycles. The molecule has 2 nitrogen and oxygen atoms in total. The van der Waals surface area contributed by atoms with Gasteiger partial charge in [-0.25, -0.2) is 0 Å². The lowest BCUT2D eigenvalue weighted by Crippen LogP contribution is -2.40. The lowest BCUT2D eigenvalue weighted by molar-refractivity contribution is 0.0559. The Morgan fingerprint density at radius 3 is 2.30 bits per heavy atom. The molecule has 0 amide bonds. The molecular weight excluding hydrogens is 266 g/mol. The average Bonchev–Trinajstić information content (AvgIpc) is 2.94. The van der Waals surface area contributed by atoms with E-state index in [1.165, 1.54) is 4.88 Å². The van der Waals surface area contributed by atoms with Crippen molar-refractivity contribution in [3.05, 3.63) is 58.3 Å². The number of hydrogen-bond acceptors (Lipinski definition) is 3. The van der Waals surface area contributed by atoms with Crippen molar-refractivity contribution < 1.29 is 5.11 Å². The van der Waals surface area contributed by atoms with Crippen LogP contribution in [0.15, 0.2) is 47.8 Å². The minimum atomic E-state index is -0.840. The summed E-state index contributed by atoms with van der Waals surface area (Å²) in [5, 5.41) is 16.1. The quantitative estimate of drug-likeness (QED) is 0.853. The Bertz CT molecular complexity index is 517. The van der Waals surface area contributed by atoms with E-state index in [4.69, 9.17) is 0 Å². The van der Waals surface area contributed by atoms with Crippen LogP contribution in [-0.4, -0.2) is 18.2 Å². The van der Waals surface area contributed by atoms with Gasteiger partial charge >= 0.3 is 0 Å². The van der Waals surface area contributed by atoms with Gasteiger partial charge < -0.3 is 10.4 Å². The highest BCUT2D eigenvalue weighted by Gasteiger charge is 2.25. The molecule has 2 rings (SSSR count). The summed E-state index contributed by atoms with van der Waals surface area (Å²) in [7, 11) is 0. The van der Waals surface area contributed by atoms with Crippen molar-refractivity contribution in [1.29, 1.82) is 0 Å². The van der Waals surface area contributed by atoms with Crippen LogP contribution in [0.3, 0.4) is 0 Å². The topological polar surface area (TPSA) is 32.3 Å². The summed E-state index contributed by atoms with van der Waals surface area (Å²) in [5.41, 5.74) is 0.190. The molecule has 108 valence electrons. The van der Waals surface area contributed by atoms with Gasteiger partial charge in [0.25, 0.3) is 0 Å². The van der Waals surface area contributed by atoms with Gasteiger partial charge in [0.15, 0.2) is 0 Å². The fourth-order valence-electron chi connectivity index (χ4n) is 2.27. The van der Waals surface area contributed by atoms with E-state index in [1.54, 1.807) is 11.3 Å². The molecule has 0 radical (unpaired) electrons. The second-order valence-corrected chi connectivity index (χ2v) is 7.05. The second kappa shape index (κ2) is 6.08. The number of rotatable bonds is 6. The van der Waals surface area contributed by atoms with E-state index in [0.29, 0.717) is 6.54 Å². The highest BCUT2D eigenvalue weighted by Crippen LogP contribution is 2.27. The van der Waals surface area contributed by atoms with Gasteiger partial charge in [0.2, 0.25) is 0 Å². The van der Waals surface area contributed by atoms with Crippen molar-refractivity contribution in [3.8, 4) is 0 Å². The zero-order chi connectivity index (χ0) is 14.6. The van der Waals surface area contributed by atoms with Crippen LogP contribution in [0.5, 0.6) is 0 Å². The maximum absolute atomic E-state index is 10.6. The van der Waals surface area contributed by atoms with Gasteiger partial charge in [-0.2, -0.15) is 0 Å². The summed E-state index contributed by atoms with van der Waals surface area (Å²) in [5.74, 6) is 0. The smallest absolute Gasteiger partial charge is 0.0992 e. The van der Waals surface area contributed by atoms with Crippen LogP contribution in [0.1, 0.15) is 31.2 Å². The first-order chi connectivity index (χ1) is 9.42. The van der Waals surface area contributed by atoms with Crippen molar-refractivity contribution in [2.45, 2.75) is 31.8 Å². The summed E-state index contributed by atoms with van der Waals surface area (Å²) < 4.78 is 0. The standard InChI is InChI=1S/C17H23NOS/c1-16(2,15-10-7-11-20-15)12-18-13-17(3,19)14-8-5-4-6-9-14/h4-11,18-19H,12-13H2,1-3H3. The lowest BCUT2D eigenvalue weighted by atomic mass is 9.90. The third-order valence-electron chi connectivity index (χ3n) is 3.62. The molecule has 20 heavy (non-hydrogen) atoms. The van der Waals surface area contributed by atoms with E-state index in [-0.39, 0.29) is 5.41 Å². The van der Waals surface area contributed by atoms with Crippen LogP contribution < -0.4 is 5.32 Å². The van der Waals surface area contributed by atoms with E-state index < -0.39 is 5.60 Å². The highest BCUT2D eigenvalue weighted by molar-refractivity contribution is 7.10. The summed E-state index contributed by atoms with van der Waals surface area (Å²) in [6.07, 6.45) is 0. The van der Waals surface area contributed by atoms with E-state index in [9.17, 15) is 5.11 Å². The first-order valence-corrected chi connectivity index (χ1v) is 7.82. The Balaban J connectivity index is 1.93. The molecule has 0 bridgehead atoms. The van der Waals surface area contributed by atoms with Crippen LogP contribution in [0, 0.1) is 0 Å². The minimum absolute atomic E-state index is 0.0843. The van der Waals surface area contributed by atoms with Crippen LogP contribution in [0.25, 0.3) is 0 Å². The van der Waals surface area contributed by atoms with Gasteiger partial charge in [-0.15, -0.1) is 11.3 Å². The molecule has 2 N–H and O–H groups in total. The fourth-order valence-corrected chi connectivity index (χ4v) is 3.12. The monoisotopic (exact) mass is 289 g/mol. The maximum atomic E-state index is 10.6. The van der Waals surface area contributed by atoms with E-state index in [2.05, 4.69) is 36.7 Å². The molecule has 0 aliphatic carbocycles. The third kappa shape index (κ3) is 3.69. The van der Waals surface area contributed by atoms with E-state index in [1.807, 2.05) is 37.3 Å². The number of hydrogen-bond donors (Lipinski definition) is 2. The van der Waals surface area contributed by atoms with Crippen molar-refractivity contribution in [1.82, 2.24) is 5.32 Å². The normalized spacial score (nSPS) is 15.0. The van der Waals surface area contributed by atoms with Gasteiger partial charge in [0.05, 0.1) is 5.60 Å². The van der Waals surface area contributed by atoms with Crippen LogP contribution >= 0.6 is 11.3 Å². The van der Waals surface area contributed by atoms with Crippen LogP contribution in [0.4, 0.5) is 0 Å². The van der Waals surface area contributed by atoms with Crippen molar-refractivity contribution in [2.24, 2.45) is 0 Å². The Morgan fingerprint density at radius 1 is 1.00 bits per heavy atom. The Hall–Kier alpha value is -1.16. The zero-order valence-electron chi connectivity index (χ0n) is 12.4. The summed E-state index contributed by atoms with van der Waals surface area (Å²) in [6.45, 7) is 7.70. The van der Waals surface area contributed by atoms with E-state index in [0.717, 1.165) is 12.1 Å². The molecule has 1 unspecified atom stereocenters. The zero-order valence-corrected chi connectivity index (χ0v) is 13.2. The minimum Gasteiger partial charge on any atom is -0.384 e. The molecule has 0 aliphatic rings. The van der Waals surface area contributed by atoms with Crippen molar-refractivity contribution >= 4 is 11.3 Å². The Morgan fingerprint density at radius 2 is 1.70 bits per heavy atom. The molecule has 0 spiro atoms. The van der Waals surface area contributed by atoms with Gasteiger partial charge in [0.1, 0.15) is 0 Å². The van der Waals surface area contributed by atoms with Crippen LogP contribution in [-0.2, 0) is 11.0 Å². The van der Waals surface area contributed by atoms with Crippen LogP contribution in [0.2, 0.25) is 0 Å². The molecule has 2 aromatic rings. The molecule has 0 saturated heterocycles. The molecule has 1 heterocycles. The second-order valence-electron chi connectivity index (χ2n) is 6.10. The summed E-state index contributed by atoms with van der Waals surface area (Å²) in [4.78, 5) is 1.37. The Kier molecular flexibility index (Phi) is 4.63. The van der Waals surface area contributed by atoms with Crippen molar-refractivity contribution in [3.63, 3.8) is 0 Å². The molecular formula is C17H23NOS. The van der Waals surface area contributed by atoms with Gasteiger partial charge in [-0.3, -0.25) is 0 Å². The predicted molar refractivity (Wildman–Crippen MR) is 86.2 cm³/mol. The SMILES string of the molecule is CC(C)(CNCC(C)(O)c1ccccc1)c1cccs1. The predicted octanol–water partition coefficient (Wildman–Crippen LogP) is 3.52. The highest BCUT2D eigenvalue weighted by atomic mass is 32.1. The number of nitrogens with one attached hydrogen (secondary N) is 1. The Labute approximate surface area is 125 Å². The van der Waals surface area contributed by atoms with Crippen molar-refractivity contribution in [2.75, 3.05) is 13.1 Å². The number of aliphatic hydroxyl groups is 1. The van der Waals surface area contributed by atoms with E-state index >= 15 is 0 Å². The molecule has 3 heteroatoms. The largest absolute Gasteiger partial charge is 0.384 e. The number of benzene rings is 1. The first-order valence-electron chi connectivity index (χ1n) is 6.94. The lowest BCUT2D eigenvalue weighted by Gasteiger charge is -2.28. The summed E-state index contributed by atoms with van der Waals surface area (Å²) >= 11 is 1.78. The molecule has 0 saturated carbocycles. The fraction of sp³-hybridized carbons (Fsp3) is 0.412. The van der Waals surface area contributed by atoms with Gasteiger partial charge in [0, 0.05) is 23.4 Å². The number of thiophene rings is 1. The molecule has 1 aromatic heterocycles. The van der Waals surface area contributed by atoms with Gasteiger partial charge in [-0.05, 0) is 23.9 Å². The molecule has 1 atom stereocenters. The van der Waals surface area contributed by atoms with Gasteiger partial charge in [-0.1, -0.05) is 50.2 Å².